The van der Waals surface area contributed by atoms with Gasteiger partial charge in [-0.25, -0.2) is 10.7 Å². The lowest BCUT2D eigenvalue weighted by atomic mass is 10.2. The molecule has 0 bridgehead atoms. The van der Waals surface area contributed by atoms with Gasteiger partial charge in [0.15, 0.2) is 5.70 Å². The Bertz CT molecular complexity index is 536. The molecule has 0 aliphatic heterocycles. The first kappa shape index (κ1) is 11.3. The monoisotopic (exact) mass is 213 g/mol. The maximum atomic E-state index is 10.8. The van der Waals surface area contributed by atoms with E-state index in [1.165, 1.54) is 24.1 Å². The molecule has 1 aromatic rings. The van der Waals surface area contributed by atoms with E-state index in [1.54, 1.807) is 12.1 Å². The zero-order chi connectivity index (χ0) is 12.0. The molecule has 0 unspecified atom stereocenters. The third kappa shape index (κ3) is 2.61. The summed E-state index contributed by atoms with van der Waals surface area (Å²) in [6.45, 7) is 0. The second kappa shape index (κ2) is 5.20. The third-order valence-corrected chi connectivity index (χ3v) is 1.60. The van der Waals surface area contributed by atoms with Crippen molar-refractivity contribution in [3.05, 3.63) is 40.9 Å². The van der Waals surface area contributed by atoms with Gasteiger partial charge in [-0.15, -0.1) is 10.2 Å². The van der Waals surface area contributed by atoms with E-state index in [0.29, 0.717) is 0 Å². The molecule has 0 spiro atoms. The second-order valence-electron chi connectivity index (χ2n) is 2.59. The van der Waals surface area contributed by atoms with Gasteiger partial charge in [0.2, 0.25) is 0 Å². The number of carbonyl (C=O) groups is 1. The first-order valence-corrected chi connectivity index (χ1v) is 4.10. The summed E-state index contributed by atoms with van der Waals surface area (Å²) in [5.41, 5.74) is -0.375. The largest absolute Gasteiger partial charge is 0.761 e. The van der Waals surface area contributed by atoms with Crippen molar-refractivity contribution in [1.29, 1.82) is 5.26 Å². The molecule has 0 saturated carbocycles. The van der Waals surface area contributed by atoms with Crippen LogP contribution in [0.15, 0.2) is 40.2 Å². The predicted molar refractivity (Wildman–Crippen MR) is 55.4 cm³/mol. The van der Waals surface area contributed by atoms with E-state index in [-0.39, 0.29) is 11.3 Å². The minimum atomic E-state index is -1.15. The summed E-state index contributed by atoms with van der Waals surface area (Å²) in [5.74, 6) is 0.370. The van der Waals surface area contributed by atoms with E-state index in [9.17, 15) is 4.79 Å². The fraction of sp³-hybridized carbons (Fsp3) is 0. The zero-order valence-electron chi connectivity index (χ0n) is 7.95. The van der Waals surface area contributed by atoms with Gasteiger partial charge in [0.1, 0.15) is 11.8 Å². The van der Waals surface area contributed by atoms with Crippen molar-refractivity contribution >= 4 is 17.5 Å². The van der Waals surface area contributed by atoms with Gasteiger partial charge in [0.05, 0.1) is 5.56 Å². The third-order valence-electron chi connectivity index (χ3n) is 1.60. The number of hydrogen-bond acceptors (Lipinski definition) is 4. The molecule has 0 atom stereocenters. The van der Waals surface area contributed by atoms with E-state index in [4.69, 9.17) is 15.8 Å². The molecular formula is C10H5N4O2-. The summed E-state index contributed by atoms with van der Waals surface area (Å²) in [4.78, 5) is 10.8. The van der Waals surface area contributed by atoms with Gasteiger partial charge in [-0.2, -0.15) is 5.26 Å². The fourth-order valence-corrected chi connectivity index (χ4v) is 0.915. The van der Waals surface area contributed by atoms with Gasteiger partial charge in [-0.05, 0) is 12.1 Å². The number of allylic oxidation sites excluding steroid dienone is 1. The van der Waals surface area contributed by atoms with Gasteiger partial charge in [0, 0.05) is 0 Å². The Labute approximate surface area is 90.7 Å². The molecule has 1 rings (SSSR count). The average molecular weight is 213 g/mol. The SMILES string of the molecule is N#CC(=C=[N-])N=Nc1ccccc1C(=O)O. The van der Waals surface area contributed by atoms with Crippen molar-refractivity contribution in [2.45, 2.75) is 0 Å². The van der Waals surface area contributed by atoms with Crippen molar-refractivity contribution in [3.8, 4) is 6.07 Å². The van der Waals surface area contributed by atoms with Crippen LogP contribution in [0.5, 0.6) is 0 Å². The Morgan fingerprint density at radius 2 is 2.12 bits per heavy atom. The van der Waals surface area contributed by atoms with E-state index < -0.39 is 11.7 Å². The lowest BCUT2D eigenvalue weighted by Crippen LogP contribution is -1.95. The highest BCUT2D eigenvalue weighted by Gasteiger charge is 2.07. The number of nitriles is 1. The molecule has 1 N–H and O–H groups in total. The summed E-state index contributed by atoms with van der Waals surface area (Å²) >= 11 is 0. The Kier molecular flexibility index (Phi) is 3.67. The lowest BCUT2D eigenvalue weighted by molar-refractivity contribution is 0.0698. The predicted octanol–water partition coefficient (Wildman–Crippen LogP) is 2.12. The van der Waals surface area contributed by atoms with Crippen LogP contribution in [-0.2, 0) is 0 Å². The number of rotatable bonds is 3. The molecule has 0 amide bonds. The van der Waals surface area contributed by atoms with Gasteiger partial charge in [-0.1, -0.05) is 12.1 Å². The molecule has 0 aromatic heterocycles. The van der Waals surface area contributed by atoms with Gasteiger partial charge in [-0.3, -0.25) is 0 Å². The minimum Gasteiger partial charge on any atom is -0.761 e. The minimum absolute atomic E-state index is 0.0403. The summed E-state index contributed by atoms with van der Waals surface area (Å²) in [6.07, 6.45) is 0. The fourth-order valence-electron chi connectivity index (χ4n) is 0.915. The molecule has 0 fully saturated rings. The van der Waals surface area contributed by atoms with Crippen molar-refractivity contribution in [2.24, 2.45) is 10.2 Å². The molecule has 0 aliphatic rings. The number of benzene rings is 1. The average Bonchev–Trinajstić information content (AvgIpc) is 2.30. The van der Waals surface area contributed by atoms with Crippen LogP contribution in [0.2, 0.25) is 0 Å². The Morgan fingerprint density at radius 1 is 1.44 bits per heavy atom. The van der Waals surface area contributed by atoms with Crippen LogP contribution in [0.25, 0.3) is 5.41 Å². The molecule has 6 heteroatoms. The van der Waals surface area contributed by atoms with Crippen molar-refractivity contribution in [3.63, 3.8) is 0 Å². The highest BCUT2D eigenvalue weighted by Crippen LogP contribution is 2.19. The molecule has 78 valence electrons. The van der Waals surface area contributed by atoms with E-state index in [0.717, 1.165) is 0 Å². The van der Waals surface area contributed by atoms with Crippen molar-refractivity contribution in [2.75, 3.05) is 0 Å². The highest BCUT2D eigenvalue weighted by molar-refractivity contribution is 5.93. The number of aromatic carboxylic acids is 1. The van der Waals surface area contributed by atoms with Gasteiger partial charge in [0.25, 0.3) is 0 Å². The van der Waals surface area contributed by atoms with Crippen molar-refractivity contribution < 1.29 is 9.90 Å². The number of hydrogen-bond donors (Lipinski definition) is 1. The van der Waals surface area contributed by atoms with Crippen LogP contribution < -0.4 is 0 Å². The van der Waals surface area contributed by atoms with Gasteiger partial charge < -0.3 is 10.5 Å². The molecule has 16 heavy (non-hydrogen) atoms. The summed E-state index contributed by atoms with van der Waals surface area (Å²) in [5, 5.41) is 32.5. The quantitative estimate of drug-likeness (QED) is 0.471. The molecule has 0 radical (unpaired) electrons. The highest BCUT2D eigenvalue weighted by atomic mass is 16.4. The second-order valence-corrected chi connectivity index (χ2v) is 2.59. The Balaban J connectivity index is 3.12. The molecule has 1 aromatic carbocycles. The van der Waals surface area contributed by atoms with Crippen LogP contribution >= 0.6 is 0 Å². The van der Waals surface area contributed by atoms with E-state index in [2.05, 4.69) is 10.2 Å². The van der Waals surface area contributed by atoms with E-state index >= 15 is 0 Å². The Hall–Kier alpha value is -2.77. The number of azo groups is 1. The van der Waals surface area contributed by atoms with Gasteiger partial charge >= 0.3 is 5.97 Å². The molecule has 0 heterocycles. The van der Waals surface area contributed by atoms with Crippen LogP contribution in [0.1, 0.15) is 10.4 Å². The number of carboxylic acid groups (broad SMARTS) is 1. The van der Waals surface area contributed by atoms with Crippen LogP contribution in [0, 0.1) is 11.3 Å². The summed E-state index contributed by atoms with van der Waals surface area (Å²) < 4.78 is 0. The first-order valence-electron chi connectivity index (χ1n) is 4.10. The number of nitrogens with zero attached hydrogens (tertiary/aromatic N) is 4. The first-order chi connectivity index (χ1) is 7.69. The van der Waals surface area contributed by atoms with Crippen molar-refractivity contribution in [1.82, 2.24) is 0 Å². The van der Waals surface area contributed by atoms with E-state index in [1.807, 2.05) is 0 Å². The molecular weight excluding hydrogens is 208 g/mol. The normalized spacial score (nSPS) is 9.44. The summed E-state index contributed by atoms with van der Waals surface area (Å²) in [7, 11) is 0. The standard InChI is InChI=1S/C10H5N4O2/c11-5-7(6-12)13-14-9-4-2-1-3-8(9)10(15)16/h1-4H,(H,15,16)/q-1. The zero-order valence-corrected chi connectivity index (χ0v) is 7.95. The topological polar surface area (TPSA) is 108 Å². The van der Waals surface area contributed by atoms with Crippen LogP contribution in [0.4, 0.5) is 5.69 Å². The molecule has 6 nitrogen and oxygen atoms in total. The molecule has 0 saturated heterocycles. The Morgan fingerprint density at radius 3 is 2.69 bits per heavy atom. The number of carboxylic acids is 1. The van der Waals surface area contributed by atoms with Crippen LogP contribution in [0.3, 0.4) is 0 Å². The smallest absolute Gasteiger partial charge is 0.337 e. The lowest BCUT2D eigenvalue weighted by Gasteiger charge is -1.97. The van der Waals surface area contributed by atoms with Crippen LogP contribution in [-0.4, -0.2) is 16.9 Å². The maximum absolute atomic E-state index is 10.8. The maximum Gasteiger partial charge on any atom is 0.337 e. The molecule has 0 aliphatic carbocycles. The summed E-state index contributed by atoms with van der Waals surface area (Å²) in [6, 6.07) is 7.43.